The van der Waals surface area contributed by atoms with Gasteiger partial charge in [-0.05, 0) is 39.0 Å². The summed E-state index contributed by atoms with van der Waals surface area (Å²) in [6.07, 6.45) is 2.66. The smallest absolute Gasteiger partial charge is 0.273 e. The molecule has 1 fully saturated rings. The van der Waals surface area contributed by atoms with Gasteiger partial charge in [0.15, 0.2) is 5.60 Å². The Morgan fingerprint density at radius 3 is 2.82 bits per heavy atom. The van der Waals surface area contributed by atoms with Crippen molar-refractivity contribution in [3.05, 3.63) is 47.2 Å². The molecule has 2 amide bonds. The van der Waals surface area contributed by atoms with Crippen molar-refractivity contribution in [2.75, 3.05) is 18.4 Å². The lowest BCUT2D eigenvalue weighted by molar-refractivity contribution is -0.110. The first kappa shape index (κ1) is 18.2. The van der Waals surface area contributed by atoms with Crippen LogP contribution in [0.25, 0.3) is 0 Å². The number of aryl methyl sites for hydroxylation is 3. The molecule has 0 aromatic carbocycles. The second-order valence-corrected chi connectivity index (χ2v) is 7.38. The van der Waals surface area contributed by atoms with E-state index in [9.17, 15) is 9.59 Å². The van der Waals surface area contributed by atoms with Crippen LogP contribution in [-0.2, 0) is 9.63 Å². The van der Waals surface area contributed by atoms with E-state index in [-0.39, 0.29) is 11.8 Å². The van der Waals surface area contributed by atoms with E-state index in [1.165, 1.54) is 0 Å². The number of carbonyl (C=O) groups is 2. The molecule has 1 saturated heterocycles. The van der Waals surface area contributed by atoms with Crippen LogP contribution in [-0.4, -0.2) is 46.1 Å². The van der Waals surface area contributed by atoms with E-state index < -0.39 is 5.60 Å². The number of hydrogen-bond acceptors (Lipinski definition) is 6. The Balaban J connectivity index is 1.41. The average Bonchev–Trinajstić information content (AvgIpc) is 3.36. The second-order valence-electron chi connectivity index (χ2n) is 7.38. The first-order chi connectivity index (χ1) is 13.4. The maximum atomic E-state index is 12.8. The van der Waals surface area contributed by atoms with Crippen LogP contribution in [0.5, 0.6) is 0 Å². The third-order valence-electron chi connectivity index (χ3n) is 5.23. The zero-order chi connectivity index (χ0) is 19.9. The summed E-state index contributed by atoms with van der Waals surface area (Å²) in [5.74, 6) is 0.927. The van der Waals surface area contributed by atoms with Crippen molar-refractivity contribution in [1.29, 1.82) is 0 Å². The monoisotopic (exact) mass is 382 g/mol. The number of furan rings is 1. The van der Waals surface area contributed by atoms with Crippen molar-refractivity contribution in [1.82, 2.24) is 9.88 Å². The van der Waals surface area contributed by atoms with Gasteiger partial charge in [0.1, 0.15) is 17.2 Å². The maximum Gasteiger partial charge on any atom is 0.273 e. The molecule has 4 heterocycles. The minimum absolute atomic E-state index is 0.0845. The van der Waals surface area contributed by atoms with Crippen LogP contribution in [0.4, 0.5) is 5.69 Å². The summed E-state index contributed by atoms with van der Waals surface area (Å²) in [6, 6.07) is 5.30. The number of rotatable bonds is 3. The first-order valence-corrected chi connectivity index (χ1v) is 9.21. The van der Waals surface area contributed by atoms with Crippen LogP contribution in [0.1, 0.15) is 40.4 Å². The van der Waals surface area contributed by atoms with E-state index in [2.05, 4.69) is 15.5 Å². The number of likely N-dealkylation sites (tertiary alicyclic amines) is 1. The van der Waals surface area contributed by atoms with Crippen molar-refractivity contribution in [2.24, 2.45) is 5.16 Å². The number of aromatic nitrogens is 1. The fraction of sp³-hybridized carbons (Fsp3) is 0.400. The van der Waals surface area contributed by atoms with Gasteiger partial charge in [0.25, 0.3) is 11.8 Å². The number of pyridine rings is 1. The minimum atomic E-state index is -0.640. The largest absolute Gasteiger partial charge is 0.466 e. The predicted octanol–water partition coefficient (Wildman–Crippen LogP) is 2.60. The number of anilines is 1. The summed E-state index contributed by atoms with van der Waals surface area (Å²) in [7, 11) is 0. The highest BCUT2D eigenvalue weighted by Crippen LogP contribution is 2.35. The molecule has 2 aliphatic heterocycles. The van der Waals surface area contributed by atoms with Crippen molar-refractivity contribution in [3.8, 4) is 0 Å². The van der Waals surface area contributed by atoms with Gasteiger partial charge in [0, 0.05) is 25.6 Å². The summed E-state index contributed by atoms with van der Waals surface area (Å²) in [5, 5.41) is 6.84. The van der Waals surface area contributed by atoms with E-state index in [0.717, 1.165) is 5.69 Å². The molecule has 146 valence electrons. The molecule has 8 heteroatoms. The molecule has 0 unspecified atom stereocenters. The predicted molar refractivity (Wildman–Crippen MR) is 102 cm³/mol. The molecular formula is C20H22N4O4. The topological polar surface area (TPSA) is 97.0 Å². The van der Waals surface area contributed by atoms with Gasteiger partial charge in [-0.2, -0.15) is 0 Å². The van der Waals surface area contributed by atoms with Gasteiger partial charge in [0.05, 0.1) is 23.5 Å². The highest BCUT2D eigenvalue weighted by atomic mass is 16.7. The van der Waals surface area contributed by atoms with Crippen molar-refractivity contribution < 1.29 is 18.8 Å². The van der Waals surface area contributed by atoms with E-state index >= 15 is 0 Å². The fourth-order valence-corrected chi connectivity index (χ4v) is 3.70. The van der Waals surface area contributed by atoms with E-state index in [1.54, 1.807) is 36.2 Å². The van der Waals surface area contributed by atoms with Crippen LogP contribution in [0, 0.1) is 20.8 Å². The van der Waals surface area contributed by atoms with E-state index in [4.69, 9.17) is 9.25 Å². The van der Waals surface area contributed by atoms with Crippen molar-refractivity contribution in [3.63, 3.8) is 0 Å². The first-order valence-electron chi connectivity index (χ1n) is 9.21. The maximum absolute atomic E-state index is 12.8. The Kier molecular flexibility index (Phi) is 4.41. The van der Waals surface area contributed by atoms with Gasteiger partial charge >= 0.3 is 0 Å². The highest BCUT2D eigenvalue weighted by molar-refractivity contribution is 6.43. The summed E-state index contributed by atoms with van der Waals surface area (Å²) < 4.78 is 5.47. The summed E-state index contributed by atoms with van der Waals surface area (Å²) in [6.45, 7) is 6.36. The van der Waals surface area contributed by atoms with Gasteiger partial charge in [0.2, 0.25) is 0 Å². The van der Waals surface area contributed by atoms with Crippen molar-refractivity contribution >= 4 is 23.2 Å². The SMILES string of the molecule is Cc1cc(C(=O)N2CC[C@@]3(CC(C(=O)Nc4cccnc4C)=NO3)C2)c(C)o1. The lowest BCUT2D eigenvalue weighted by Crippen LogP contribution is -2.37. The molecule has 4 rings (SSSR count). The normalized spacial score (nSPS) is 21.0. The van der Waals surface area contributed by atoms with Crippen LogP contribution >= 0.6 is 0 Å². The Bertz CT molecular complexity index is 980. The second kappa shape index (κ2) is 6.78. The number of hydrogen-bond donors (Lipinski definition) is 1. The summed E-state index contributed by atoms with van der Waals surface area (Å²) in [4.78, 5) is 36.9. The molecule has 1 atom stereocenters. The Labute approximate surface area is 162 Å². The van der Waals surface area contributed by atoms with Crippen LogP contribution in [0.2, 0.25) is 0 Å². The van der Waals surface area contributed by atoms with E-state index in [0.29, 0.717) is 54.4 Å². The standard InChI is InChI=1S/C20H22N4O4/c1-12-9-15(14(3)27-12)19(26)24-8-6-20(11-24)10-17(23-28-20)18(25)22-16-5-4-7-21-13(16)2/h4-5,7,9H,6,8,10-11H2,1-3H3,(H,22,25)/t20-/m1/s1. The average molecular weight is 382 g/mol. The zero-order valence-electron chi connectivity index (χ0n) is 16.1. The third kappa shape index (κ3) is 3.26. The van der Waals surface area contributed by atoms with Gasteiger partial charge in [-0.15, -0.1) is 0 Å². The minimum Gasteiger partial charge on any atom is -0.466 e. The summed E-state index contributed by atoms with van der Waals surface area (Å²) >= 11 is 0. The van der Waals surface area contributed by atoms with Gasteiger partial charge in [-0.3, -0.25) is 14.6 Å². The van der Waals surface area contributed by atoms with E-state index in [1.807, 2.05) is 13.8 Å². The molecular weight excluding hydrogens is 360 g/mol. The molecule has 2 aromatic rings. The highest BCUT2D eigenvalue weighted by Gasteiger charge is 2.48. The Morgan fingerprint density at radius 1 is 1.29 bits per heavy atom. The van der Waals surface area contributed by atoms with Crippen LogP contribution in [0.15, 0.2) is 34.0 Å². The number of nitrogens with one attached hydrogen (secondary N) is 1. The summed E-state index contributed by atoms with van der Waals surface area (Å²) in [5.41, 5.74) is 1.63. The lowest BCUT2D eigenvalue weighted by Gasteiger charge is -2.21. The van der Waals surface area contributed by atoms with Gasteiger partial charge in [-0.25, -0.2) is 0 Å². The molecule has 0 aliphatic carbocycles. The zero-order valence-corrected chi connectivity index (χ0v) is 16.1. The van der Waals surface area contributed by atoms with Crippen LogP contribution < -0.4 is 5.32 Å². The van der Waals surface area contributed by atoms with Gasteiger partial charge in [-0.1, -0.05) is 5.16 Å². The Morgan fingerprint density at radius 2 is 2.11 bits per heavy atom. The van der Waals surface area contributed by atoms with Crippen molar-refractivity contribution in [2.45, 2.75) is 39.2 Å². The number of nitrogens with zero attached hydrogens (tertiary/aromatic N) is 3. The third-order valence-corrected chi connectivity index (χ3v) is 5.23. The molecule has 2 aliphatic rings. The Hall–Kier alpha value is -3.16. The molecule has 1 N–H and O–H groups in total. The van der Waals surface area contributed by atoms with Gasteiger partial charge < -0.3 is 19.5 Å². The molecule has 8 nitrogen and oxygen atoms in total. The number of oxime groups is 1. The molecule has 1 spiro atoms. The molecule has 0 saturated carbocycles. The quantitative estimate of drug-likeness (QED) is 0.880. The fourth-order valence-electron chi connectivity index (χ4n) is 3.70. The molecule has 0 bridgehead atoms. The van der Waals surface area contributed by atoms with Crippen LogP contribution in [0.3, 0.4) is 0 Å². The molecule has 2 aromatic heterocycles. The number of amides is 2. The molecule has 28 heavy (non-hydrogen) atoms. The molecule has 0 radical (unpaired) electrons. The lowest BCUT2D eigenvalue weighted by atomic mass is 9.96. The number of carbonyl (C=O) groups excluding carboxylic acids is 2.